The van der Waals surface area contributed by atoms with Gasteiger partial charge in [-0.2, -0.15) is 0 Å². The quantitative estimate of drug-likeness (QED) is 0.804. The number of aliphatic hydroxyl groups excluding tert-OH is 1. The minimum atomic E-state index is -0.696. The summed E-state index contributed by atoms with van der Waals surface area (Å²) in [6.07, 6.45) is -0.696. The van der Waals surface area contributed by atoms with E-state index in [0.29, 0.717) is 5.02 Å². The molecule has 1 amide bonds. The molecule has 1 aromatic rings. The number of ether oxygens (including phenoxy) is 1. The first-order chi connectivity index (χ1) is 9.85. The summed E-state index contributed by atoms with van der Waals surface area (Å²) in [6.45, 7) is 2.11. The molecule has 0 aliphatic rings. The predicted molar refractivity (Wildman–Crippen MR) is 80.0 cm³/mol. The van der Waals surface area contributed by atoms with Crippen molar-refractivity contribution in [3.63, 3.8) is 0 Å². The lowest BCUT2D eigenvalue weighted by Gasteiger charge is -2.26. The van der Waals surface area contributed by atoms with E-state index in [4.69, 9.17) is 16.3 Å². The first kappa shape index (κ1) is 17.8. The number of benzene rings is 1. The lowest BCUT2D eigenvalue weighted by atomic mass is 10.2. The number of hydrogen-bond donors (Lipinski definition) is 2. The lowest BCUT2D eigenvalue weighted by Crippen LogP contribution is -2.44. The highest BCUT2D eigenvalue weighted by molar-refractivity contribution is 6.30. The van der Waals surface area contributed by atoms with Gasteiger partial charge in [0.05, 0.1) is 24.4 Å². The van der Waals surface area contributed by atoms with Gasteiger partial charge in [0, 0.05) is 18.7 Å². The third kappa shape index (κ3) is 5.59. The normalized spacial score (nSPS) is 14.0. The van der Waals surface area contributed by atoms with Crippen molar-refractivity contribution in [1.29, 1.82) is 0 Å². The summed E-state index contributed by atoms with van der Waals surface area (Å²) >= 11 is 5.77. The summed E-state index contributed by atoms with van der Waals surface area (Å²) in [5.74, 6) is -0.940. The number of halogens is 2. The molecule has 0 aliphatic carbocycles. The Morgan fingerprint density at radius 1 is 1.57 bits per heavy atom. The Morgan fingerprint density at radius 3 is 2.86 bits per heavy atom. The molecule has 1 aromatic carbocycles. The van der Waals surface area contributed by atoms with Crippen molar-refractivity contribution in [3.05, 3.63) is 29.0 Å². The molecule has 2 atom stereocenters. The zero-order valence-electron chi connectivity index (χ0n) is 12.3. The van der Waals surface area contributed by atoms with Crippen molar-refractivity contribution in [2.24, 2.45) is 0 Å². The molecule has 1 rings (SSSR count). The molecular weight excluding hydrogens is 299 g/mol. The average molecular weight is 319 g/mol. The van der Waals surface area contributed by atoms with E-state index in [1.54, 1.807) is 18.9 Å². The first-order valence-electron chi connectivity index (χ1n) is 6.48. The second kappa shape index (κ2) is 8.29. The molecule has 0 spiro atoms. The molecule has 2 unspecified atom stereocenters. The summed E-state index contributed by atoms with van der Waals surface area (Å²) in [7, 11) is 3.18. The van der Waals surface area contributed by atoms with Gasteiger partial charge in [-0.05, 0) is 32.2 Å². The predicted octanol–water partition coefficient (Wildman–Crippen LogP) is 1.75. The van der Waals surface area contributed by atoms with Gasteiger partial charge in [0.25, 0.3) is 0 Å². The van der Waals surface area contributed by atoms with Crippen LogP contribution in [0.5, 0.6) is 0 Å². The third-order valence-electron chi connectivity index (χ3n) is 3.08. The van der Waals surface area contributed by atoms with Crippen LogP contribution in [0, 0.1) is 5.82 Å². The summed E-state index contributed by atoms with van der Waals surface area (Å²) in [5, 5.41) is 12.5. The molecule has 5 nitrogen and oxygen atoms in total. The van der Waals surface area contributed by atoms with E-state index in [1.807, 2.05) is 0 Å². The molecular formula is C14H20ClFN2O3. The SMILES string of the molecule is COCC(O)CN(C)C(C)C(=O)Nc1cc(Cl)ccc1F. The Hall–Kier alpha value is -1.21. The van der Waals surface area contributed by atoms with Crippen molar-refractivity contribution >= 4 is 23.2 Å². The highest BCUT2D eigenvalue weighted by Gasteiger charge is 2.21. The lowest BCUT2D eigenvalue weighted by molar-refractivity contribution is -0.120. The van der Waals surface area contributed by atoms with Crippen LogP contribution < -0.4 is 5.32 Å². The maximum atomic E-state index is 13.6. The van der Waals surface area contributed by atoms with Gasteiger partial charge in [0.2, 0.25) is 5.91 Å². The van der Waals surface area contributed by atoms with Gasteiger partial charge in [0.15, 0.2) is 0 Å². The average Bonchev–Trinajstić information content (AvgIpc) is 2.42. The summed E-state index contributed by atoms with van der Waals surface area (Å²) < 4.78 is 18.4. The summed E-state index contributed by atoms with van der Waals surface area (Å²) in [4.78, 5) is 13.7. The second-order valence-corrected chi connectivity index (χ2v) is 5.27. The number of carbonyl (C=O) groups is 1. The van der Waals surface area contributed by atoms with Gasteiger partial charge in [-0.1, -0.05) is 11.6 Å². The zero-order valence-corrected chi connectivity index (χ0v) is 13.0. The van der Waals surface area contributed by atoms with Crippen LogP contribution >= 0.6 is 11.6 Å². The Labute approximate surface area is 128 Å². The van der Waals surface area contributed by atoms with E-state index >= 15 is 0 Å². The van der Waals surface area contributed by atoms with Gasteiger partial charge in [-0.25, -0.2) is 4.39 Å². The number of nitrogens with zero attached hydrogens (tertiary/aromatic N) is 1. The first-order valence-corrected chi connectivity index (χ1v) is 6.86. The molecule has 0 radical (unpaired) electrons. The fourth-order valence-electron chi connectivity index (χ4n) is 1.77. The van der Waals surface area contributed by atoms with E-state index in [9.17, 15) is 14.3 Å². The number of anilines is 1. The molecule has 118 valence electrons. The molecule has 21 heavy (non-hydrogen) atoms. The second-order valence-electron chi connectivity index (χ2n) is 4.84. The standard InChI is InChI=1S/C14H20ClFN2O3/c1-9(18(2)7-11(19)8-21-3)14(20)17-13-6-10(15)4-5-12(13)16/h4-6,9,11,19H,7-8H2,1-3H3,(H,17,20). The van der Waals surface area contributed by atoms with Gasteiger partial charge in [-0.15, -0.1) is 0 Å². The number of hydrogen-bond acceptors (Lipinski definition) is 4. The van der Waals surface area contributed by atoms with E-state index in [-0.39, 0.29) is 24.7 Å². The maximum absolute atomic E-state index is 13.6. The van der Waals surface area contributed by atoms with E-state index in [0.717, 1.165) is 0 Å². The molecule has 0 saturated heterocycles. The topological polar surface area (TPSA) is 61.8 Å². The van der Waals surface area contributed by atoms with Crippen molar-refractivity contribution in [1.82, 2.24) is 4.90 Å². The number of carbonyl (C=O) groups excluding carboxylic acids is 1. The van der Waals surface area contributed by atoms with Gasteiger partial charge < -0.3 is 15.2 Å². The van der Waals surface area contributed by atoms with Crippen LogP contribution in [0.4, 0.5) is 10.1 Å². The minimum absolute atomic E-state index is 0.0326. The number of likely N-dealkylation sites (N-methyl/N-ethyl adjacent to an activating group) is 1. The van der Waals surface area contributed by atoms with Gasteiger partial charge in [-0.3, -0.25) is 9.69 Å². The van der Waals surface area contributed by atoms with Crippen molar-refractivity contribution < 1.29 is 19.0 Å². The number of nitrogens with one attached hydrogen (secondary N) is 1. The van der Waals surface area contributed by atoms with Gasteiger partial charge in [0.1, 0.15) is 5.82 Å². The third-order valence-corrected chi connectivity index (χ3v) is 3.32. The van der Waals surface area contributed by atoms with E-state index in [2.05, 4.69) is 5.32 Å². The van der Waals surface area contributed by atoms with E-state index < -0.39 is 18.0 Å². The van der Waals surface area contributed by atoms with Crippen LogP contribution in [0.1, 0.15) is 6.92 Å². The van der Waals surface area contributed by atoms with Crippen LogP contribution in [0.2, 0.25) is 5.02 Å². The molecule has 0 bridgehead atoms. The van der Waals surface area contributed by atoms with Crippen LogP contribution in [0.25, 0.3) is 0 Å². The molecule has 0 saturated carbocycles. The number of amides is 1. The smallest absolute Gasteiger partial charge is 0.241 e. The van der Waals surface area contributed by atoms with Crippen molar-refractivity contribution in [2.45, 2.75) is 19.1 Å². The summed E-state index contributed by atoms with van der Waals surface area (Å²) in [6, 6.07) is 3.40. The van der Waals surface area contributed by atoms with Gasteiger partial charge >= 0.3 is 0 Å². The molecule has 7 heteroatoms. The van der Waals surface area contributed by atoms with Crippen molar-refractivity contribution in [3.8, 4) is 0 Å². The minimum Gasteiger partial charge on any atom is -0.389 e. The molecule has 0 fully saturated rings. The molecule has 2 N–H and O–H groups in total. The zero-order chi connectivity index (χ0) is 16.0. The van der Waals surface area contributed by atoms with Crippen LogP contribution in [0.3, 0.4) is 0 Å². The molecule has 0 heterocycles. The molecule has 0 aliphatic heterocycles. The van der Waals surface area contributed by atoms with E-state index in [1.165, 1.54) is 25.3 Å². The summed E-state index contributed by atoms with van der Waals surface area (Å²) in [5.41, 5.74) is 0.0326. The van der Waals surface area contributed by atoms with Crippen LogP contribution in [-0.2, 0) is 9.53 Å². The number of methoxy groups -OCH3 is 1. The van der Waals surface area contributed by atoms with Crippen LogP contribution in [0.15, 0.2) is 18.2 Å². The Balaban J connectivity index is 2.63. The Kier molecular flexibility index (Phi) is 7.04. The fourth-order valence-corrected chi connectivity index (χ4v) is 1.94. The maximum Gasteiger partial charge on any atom is 0.241 e. The molecule has 0 aromatic heterocycles. The number of rotatable bonds is 7. The number of aliphatic hydroxyl groups is 1. The monoisotopic (exact) mass is 318 g/mol. The Morgan fingerprint density at radius 2 is 2.24 bits per heavy atom. The van der Waals surface area contributed by atoms with Crippen molar-refractivity contribution in [2.75, 3.05) is 32.6 Å². The highest BCUT2D eigenvalue weighted by Crippen LogP contribution is 2.20. The highest BCUT2D eigenvalue weighted by atomic mass is 35.5. The largest absolute Gasteiger partial charge is 0.389 e. The fraction of sp³-hybridized carbons (Fsp3) is 0.500. The van der Waals surface area contributed by atoms with Crippen LogP contribution in [-0.4, -0.2) is 55.4 Å². The Bertz CT molecular complexity index is 487.